The first-order valence-corrected chi connectivity index (χ1v) is 44.1. The molecule has 0 radical (unpaired) electrons. The van der Waals surface area contributed by atoms with Crippen LogP contribution in [0.5, 0.6) is 0 Å². The number of phosphoric ester groups is 2. The van der Waals surface area contributed by atoms with Crippen molar-refractivity contribution >= 4 is 33.6 Å². The third kappa shape index (κ3) is 80.3. The van der Waals surface area contributed by atoms with Crippen LogP contribution < -0.4 is 0 Å². The Bertz CT molecular complexity index is 2490. The lowest BCUT2D eigenvalue weighted by Crippen LogP contribution is -2.30. The van der Waals surface area contributed by atoms with Gasteiger partial charge in [-0.25, -0.2) is 9.13 Å². The number of carbonyl (C=O) groups excluding carboxylic acids is 3. The summed E-state index contributed by atoms with van der Waals surface area (Å²) >= 11 is 0. The van der Waals surface area contributed by atoms with Crippen molar-refractivity contribution in [1.82, 2.24) is 0 Å². The zero-order valence-corrected chi connectivity index (χ0v) is 67.6. The topological polar surface area (TPSA) is 231 Å². The lowest BCUT2D eigenvalue weighted by molar-refractivity contribution is -0.161. The highest BCUT2D eigenvalue weighted by atomic mass is 31.2. The summed E-state index contributed by atoms with van der Waals surface area (Å²) < 4.78 is 61.1. The summed E-state index contributed by atoms with van der Waals surface area (Å²) in [6, 6.07) is 0. The molecule has 0 aromatic heterocycles. The molecule has 0 aliphatic heterocycles. The van der Waals surface area contributed by atoms with E-state index in [0.717, 1.165) is 141 Å². The summed E-state index contributed by atoms with van der Waals surface area (Å²) in [5.41, 5.74) is 0. The average molecular weight is 1510 g/mol. The molecule has 602 valence electrons. The van der Waals surface area contributed by atoms with Crippen molar-refractivity contribution in [2.75, 3.05) is 39.6 Å². The maximum absolute atomic E-state index is 12.9. The molecular weight excluding hydrogens is 1360 g/mol. The smallest absolute Gasteiger partial charge is 0.463 e. The Hall–Kier alpha value is -4.57. The zero-order valence-electron chi connectivity index (χ0n) is 65.9. The molecule has 0 saturated heterocycles. The van der Waals surface area contributed by atoms with Gasteiger partial charge < -0.3 is 34.2 Å². The van der Waals surface area contributed by atoms with Crippen molar-refractivity contribution in [3.05, 3.63) is 146 Å². The molecule has 0 aromatic rings. The first kappa shape index (κ1) is 100. The largest absolute Gasteiger partial charge is 0.472 e. The molecule has 5 atom stereocenters. The van der Waals surface area contributed by atoms with Gasteiger partial charge in [0.2, 0.25) is 0 Å². The zero-order chi connectivity index (χ0) is 76.6. The van der Waals surface area contributed by atoms with E-state index in [4.69, 9.17) is 32.3 Å². The van der Waals surface area contributed by atoms with Crippen LogP contribution in [0, 0.1) is 0 Å². The normalized spacial score (nSPS) is 14.7. The van der Waals surface area contributed by atoms with E-state index in [1.165, 1.54) is 128 Å². The Balaban J connectivity index is 4.41. The molecule has 4 N–H and O–H groups in total. The lowest BCUT2D eigenvalue weighted by Gasteiger charge is -2.21. The number of rotatable bonds is 77. The van der Waals surface area contributed by atoms with Gasteiger partial charge in [-0.3, -0.25) is 32.5 Å². The van der Waals surface area contributed by atoms with Crippen LogP contribution in [-0.2, 0) is 55.8 Å². The van der Waals surface area contributed by atoms with E-state index < -0.39 is 91.5 Å². The van der Waals surface area contributed by atoms with E-state index in [0.29, 0.717) is 19.3 Å². The Morgan fingerprint density at radius 1 is 0.276 bits per heavy atom. The van der Waals surface area contributed by atoms with Gasteiger partial charge in [0.15, 0.2) is 6.10 Å². The third-order valence-corrected chi connectivity index (χ3v) is 18.9. The second-order valence-electron chi connectivity index (χ2n) is 27.2. The average Bonchev–Trinajstić information content (AvgIpc) is 0.932. The number of hydrogen-bond acceptors (Lipinski definition) is 14. The number of unbranched alkanes of at least 4 members (excludes halogenated alkanes) is 30. The molecule has 105 heavy (non-hydrogen) atoms. The van der Waals surface area contributed by atoms with Gasteiger partial charge >= 0.3 is 33.6 Å². The highest BCUT2D eigenvalue weighted by molar-refractivity contribution is 7.47. The predicted molar refractivity (Wildman–Crippen MR) is 436 cm³/mol. The molecule has 16 nitrogen and oxygen atoms in total. The number of allylic oxidation sites excluding steroid dienone is 24. The Morgan fingerprint density at radius 2 is 0.524 bits per heavy atom. The third-order valence-electron chi connectivity index (χ3n) is 17.0. The number of aliphatic hydroxyl groups excluding tert-OH is 2. The van der Waals surface area contributed by atoms with Crippen molar-refractivity contribution in [1.29, 1.82) is 0 Å². The minimum absolute atomic E-state index is 0.0747. The first-order chi connectivity index (χ1) is 51.2. The van der Waals surface area contributed by atoms with Crippen LogP contribution in [0.1, 0.15) is 329 Å². The van der Waals surface area contributed by atoms with Gasteiger partial charge in [-0.2, -0.15) is 0 Å². The Labute approximate surface area is 638 Å². The summed E-state index contributed by atoms with van der Waals surface area (Å²) in [6.45, 7) is 2.41. The Morgan fingerprint density at radius 3 is 0.857 bits per heavy atom. The van der Waals surface area contributed by atoms with Crippen LogP contribution in [-0.4, -0.2) is 95.9 Å². The second-order valence-corrected chi connectivity index (χ2v) is 30.1. The van der Waals surface area contributed by atoms with Crippen LogP contribution >= 0.6 is 15.6 Å². The molecule has 0 aromatic carbocycles. The summed E-state index contributed by atoms with van der Waals surface area (Å²) in [4.78, 5) is 58.6. The first-order valence-electron chi connectivity index (χ1n) is 41.1. The highest BCUT2D eigenvalue weighted by Crippen LogP contribution is 2.45. The molecule has 5 unspecified atom stereocenters. The summed E-state index contributed by atoms with van der Waals surface area (Å²) in [5.74, 6) is -1.64. The van der Waals surface area contributed by atoms with Crippen LogP contribution in [0.4, 0.5) is 0 Å². The van der Waals surface area contributed by atoms with Crippen LogP contribution in [0.2, 0.25) is 0 Å². The maximum Gasteiger partial charge on any atom is 0.472 e. The summed E-state index contributed by atoms with van der Waals surface area (Å²) in [7, 11) is -9.81. The fourth-order valence-corrected chi connectivity index (χ4v) is 12.4. The molecule has 0 aliphatic rings. The van der Waals surface area contributed by atoms with Crippen LogP contribution in [0.15, 0.2) is 146 Å². The van der Waals surface area contributed by atoms with Crippen molar-refractivity contribution < 1.29 is 75.8 Å². The van der Waals surface area contributed by atoms with Crippen LogP contribution in [0.3, 0.4) is 0 Å². The molecule has 0 spiro atoms. The summed E-state index contributed by atoms with van der Waals surface area (Å²) in [6.07, 6.45) is 97.9. The number of esters is 3. The van der Waals surface area contributed by atoms with Crippen molar-refractivity contribution in [3.8, 4) is 0 Å². The standard InChI is InChI=1S/C87H148O16P2/c1-4-7-10-13-16-19-22-25-27-29-31-33-34-35-36-37-38-39-40-41-42-43-44-45-46-48-50-51-53-56-58-61-64-67-70-73-85(90)97-76-82(88)77-99-104(93,94)100-78-83(89)79-101-105(95,96)102-81-84(103-87(92)75-72-69-66-63-60-55-24-21-18-15-12-9-6-3)80-98-86(91)74-71-68-65-62-59-57-54-52-49-47-32-30-28-26-23-20-17-14-11-8-5-2/h8,11-12,15-17,19-21,24-28,31-33,35-36,47,52,54,59,62,82-84,88-89H,4-7,9-10,13-14,18,22-23,29-30,34,37-46,48-51,53,55-58,60-61,63-81H2,1-3H3,(H,93,94)(H,95,96)/b11-8-,15-12-,19-16-,20-17-,24-21-,27-25-,28-26-,33-31-,36-35-,47-32-,54-52-,62-59-. The van der Waals surface area contributed by atoms with E-state index in [-0.39, 0.29) is 19.3 Å². The molecule has 0 rings (SSSR count). The van der Waals surface area contributed by atoms with Gasteiger partial charge in [0.25, 0.3) is 0 Å². The molecule has 0 heterocycles. The lowest BCUT2D eigenvalue weighted by atomic mass is 10.0. The molecular formula is C87H148O16P2. The van der Waals surface area contributed by atoms with E-state index >= 15 is 0 Å². The summed E-state index contributed by atoms with van der Waals surface area (Å²) in [5, 5.41) is 20.6. The van der Waals surface area contributed by atoms with E-state index in [1.54, 1.807) is 0 Å². The quantitative estimate of drug-likeness (QED) is 0.0146. The highest BCUT2D eigenvalue weighted by Gasteiger charge is 2.29. The molecule has 0 bridgehead atoms. The van der Waals surface area contributed by atoms with E-state index in [2.05, 4.69) is 167 Å². The van der Waals surface area contributed by atoms with E-state index in [1.807, 2.05) is 0 Å². The maximum atomic E-state index is 12.9. The number of ether oxygens (including phenoxy) is 3. The fourth-order valence-electron chi connectivity index (χ4n) is 10.8. The monoisotopic (exact) mass is 1510 g/mol. The van der Waals surface area contributed by atoms with Gasteiger partial charge in [-0.05, 0) is 141 Å². The molecule has 0 fully saturated rings. The minimum Gasteiger partial charge on any atom is -0.463 e. The second kappa shape index (κ2) is 79.0. The fraction of sp³-hybridized carbons (Fsp3) is 0.690. The Kier molecular flexibility index (Phi) is 75.6. The number of hydrogen-bond donors (Lipinski definition) is 4. The van der Waals surface area contributed by atoms with Gasteiger partial charge in [0.05, 0.1) is 26.4 Å². The van der Waals surface area contributed by atoms with Gasteiger partial charge in [0, 0.05) is 19.3 Å². The molecule has 18 heteroatoms. The van der Waals surface area contributed by atoms with Gasteiger partial charge in [0.1, 0.15) is 25.4 Å². The van der Waals surface area contributed by atoms with Crippen LogP contribution in [0.25, 0.3) is 0 Å². The number of phosphoric acid groups is 2. The number of aliphatic hydroxyl groups is 2. The SMILES string of the molecule is CC/C=C\C/C=C\C/C=C\C/C=C\C/C=C\C/C=C\CCCCC(=O)OCC(COP(=O)(O)OCC(O)COP(=O)(O)OCC(O)COC(=O)CCCCCCCCCCCCCCCCCCCCC/C=C\C/C=C\C/C=C\C/C=C\CCCCC)OC(=O)CCCCCCC/C=C\C/C=C\CCC. The predicted octanol–water partition coefficient (Wildman–Crippen LogP) is 24.4. The van der Waals surface area contributed by atoms with Gasteiger partial charge in [-0.1, -0.05) is 314 Å². The molecule has 0 aliphatic carbocycles. The molecule has 0 saturated carbocycles. The van der Waals surface area contributed by atoms with Crippen molar-refractivity contribution in [3.63, 3.8) is 0 Å². The van der Waals surface area contributed by atoms with Gasteiger partial charge in [-0.15, -0.1) is 0 Å². The molecule has 0 amide bonds. The van der Waals surface area contributed by atoms with Crippen molar-refractivity contribution in [2.45, 2.75) is 347 Å². The van der Waals surface area contributed by atoms with E-state index in [9.17, 15) is 43.5 Å². The number of carbonyl (C=O) groups is 3. The minimum atomic E-state index is -4.95. The van der Waals surface area contributed by atoms with Crippen molar-refractivity contribution in [2.24, 2.45) is 0 Å².